The van der Waals surface area contributed by atoms with Crippen molar-refractivity contribution in [1.29, 1.82) is 0 Å². The highest BCUT2D eigenvalue weighted by Crippen LogP contribution is 2.34. The molecule has 0 aliphatic carbocycles. The molecule has 0 spiro atoms. The topological polar surface area (TPSA) is 68.7 Å². The molecule has 0 saturated carbocycles. The molecule has 0 aliphatic rings. The molecule has 5 heteroatoms. The number of ether oxygens (including phenoxy) is 2. The Balaban J connectivity index is 2.70. The van der Waals surface area contributed by atoms with Crippen LogP contribution in [-0.2, 0) is 0 Å². The standard InChI is InChI=1S/C12H11NO4/c1-16-9-4-3-7-5-8(12(14)15)6-13-10(7)11(9)17-2/h3-6H,1-2H3,(H,14,15). The summed E-state index contributed by atoms with van der Waals surface area (Å²) >= 11 is 0. The molecular weight excluding hydrogens is 222 g/mol. The van der Waals surface area contributed by atoms with Gasteiger partial charge >= 0.3 is 5.97 Å². The molecule has 88 valence electrons. The number of carbonyl (C=O) groups is 1. The van der Waals surface area contributed by atoms with E-state index in [9.17, 15) is 4.79 Å². The molecule has 2 aromatic rings. The maximum atomic E-state index is 10.8. The fourth-order valence-electron chi connectivity index (χ4n) is 1.63. The smallest absolute Gasteiger partial charge is 0.337 e. The van der Waals surface area contributed by atoms with Crippen molar-refractivity contribution in [2.24, 2.45) is 0 Å². The Hall–Kier alpha value is -2.30. The van der Waals surface area contributed by atoms with E-state index in [1.165, 1.54) is 20.4 Å². The molecule has 1 aromatic heterocycles. The van der Waals surface area contributed by atoms with Crippen LogP contribution in [0.4, 0.5) is 0 Å². The predicted octanol–water partition coefficient (Wildman–Crippen LogP) is 1.95. The second-order valence-corrected chi connectivity index (χ2v) is 3.40. The number of pyridine rings is 1. The molecule has 1 aromatic carbocycles. The van der Waals surface area contributed by atoms with Gasteiger partial charge in [0.2, 0.25) is 0 Å². The lowest BCUT2D eigenvalue weighted by molar-refractivity contribution is 0.0696. The van der Waals surface area contributed by atoms with Gasteiger partial charge in [0.25, 0.3) is 0 Å². The molecule has 0 amide bonds. The molecule has 0 aliphatic heterocycles. The van der Waals surface area contributed by atoms with Gasteiger partial charge in [-0.15, -0.1) is 0 Å². The minimum atomic E-state index is -1.01. The zero-order valence-electron chi connectivity index (χ0n) is 9.43. The molecular formula is C12H11NO4. The first-order valence-electron chi connectivity index (χ1n) is 4.91. The van der Waals surface area contributed by atoms with Gasteiger partial charge in [0.15, 0.2) is 11.5 Å². The molecule has 5 nitrogen and oxygen atoms in total. The molecule has 0 atom stereocenters. The maximum absolute atomic E-state index is 10.8. The van der Waals surface area contributed by atoms with Crippen LogP contribution in [0.25, 0.3) is 10.9 Å². The quantitative estimate of drug-likeness (QED) is 0.877. The summed E-state index contributed by atoms with van der Waals surface area (Å²) in [5.41, 5.74) is 0.724. The number of benzene rings is 1. The van der Waals surface area contributed by atoms with Crippen molar-refractivity contribution < 1.29 is 19.4 Å². The van der Waals surface area contributed by atoms with Gasteiger partial charge in [-0.25, -0.2) is 4.79 Å². The third-order valence-electron chi connectivity index (χ3n) is 2.44. The number of aromatic carboxylic acids is 1. The first-order chi connectivity index (χ1) is 8.17. The number of rotatable bonds is 3. The lowest BCUT2D eigenvalue weighted by Crippen LogP contribution is -1.98. The fourth-order valence-corrected chi connectivity index (χ4v) is 1.63. The zero-order chi connectivity index (χ0) is 12.4. The van der Waals surface area contributed by atoms with Gasteiger partial charge in [-0.2, -0.15) is 0 Å². The third-order valence-corrected chi connectivity index (χ3v) is 2.44. The van der Waals surface area contributed by atoms with Crippen LogP contribution in [0.2, 0.25) is 0 Å². The number of carboxylic acid groups (broad SMARTS) is 1. The van der Waals surface area contributed by atoms with Crippen molar-refractivity contribution in [3.63, 3.8) is 0 Å². The number of nitrogens with zero attached hydrogens (tertiary/aromatic N) is 1. The molecule has 0 bridgehead atoms. The number of methoxy groups -OCH3 is 2. The summed E-state index contributed by atoms with van der Waals surface area (Å²) < 4.78 is 10.4. The van der Waals surface area contributed by atoms with Crippen LogP contribution in [-0.4, -0.2) is 30.3 Å². The van der Waals surface area contributed by atoms with Crippen LogP contribution in [0.3, 0.4) is 0 Å². The van der Waals surface area contributed by atoms with Crippen LogP contribution in [0, 0.1) is 0 Å². The summed E-state index contributed by atoms with van der Waals surface area (Å²) in [5, 5.41) is 9.57. The van der Waals surface area contributed by atoms with Crippen molar-refractivity contribution in [2.45, 2.75) is 0 Å². The van der Waals surface area contributed by atoms with E-state index in [2.05, 4.69) is 4.98 Å². The average molecular weight is 233 g/mol. The monoisotopic (exact) mass is 233 g/mol. The highest BCUT2D eigenvalue weighted by molar-refractivity contribution is 5.94. The van der Waals surface area contributed by atoms with E-state index in [-0.39, 0.29) is 5.56 Å². The van der Waals surface area contributed by atoms with Crippen LogP contribution in [0.15, 0.2) is 24.4 Å². The van der Waals surface area contributed by atoms with Gasteiger partial charge in [0.05, 0.1) is 19.8 Å². The highest BCUT2D eigenvalue weighted by Gasteiger charge is 2.12. The van der Waals surface area contributed by atoms with Crippen LogP contribution < -0.4 is 9.47 Å². The van der Waals surface area contributed by atoms with Gasteiger partial charge < -0.3 is 14.6 Å². The van der Waals surface area contributed by atoms with Crippen LogP contribution >= 0.6 is 0 Å². The number of aromatic nitrogens is 1. The summed E-state index contributed by atoms with van der Waals surface area (Å²) in [6.07, 6.45) is 1.30. The fraction of sp³-hybridized carbons (Fsp3) is 0.167. The van der Waals surface area contributed by atoms with Crippen molar-refractivity contribution in [3.8, 4) is 11.5 Å². The Morgan fingerprint density at radius 3 is 2.65 bits per heavy atom. The highest BCUT2D eigenvalue weighted by atomic mass is 16.5. The molecule has 2 rings (SSSR count). The molecule has 0 unspecified atom stereocenters. The lowest BCUT2D eigenvalue weighted by Gasteiger charge is -2.09. The number of hydrogen-bond donors (Lipinski definition) is 1. The van der Waals surface area contributed by atoms with Crippen LogP contribution in [0.1, 0.15) is 10.4 Å². The Labute approximate surface area is 97.6 Å². The normalized spacial score (nSPS) is 10.2. The minimum Gasteiger partial charge on any atom is -0.493 e. The number of fused-ring (bicyclic) bond motifs is 1. The first-order valence-corrected chi connectivity index (χ1v) is 4.91. The molecule has 1 N–H and O–H groups in total. The molecule has 0 saturated heterocycles. The summed E-state index contributed by atoms with van der Waals surface area (Å²) in [7, 11) is 3.05. The van der Waals surface area contributed by atoms with Crippen molar-refractivity contribution in [3.05, 3.63) is 30.0 Å². The van der Waals surface area contributed by atoms with E-state index in [4.69, 9.17) is 14.6 Å². The van der Waals surface area contributed by atoms with E-state index in [1.54, 1.807) is 18.2 Å². The van der Waals surface area contributed by atoms with E-state index in [0.29, 0.717) is 22.4 Å². The number of hydrogen-bond acceptors (Lipinski definition) is 4. The minimum absolute atomic E-state index is 0.143. The van der Waals surface area contributed by atoms with E-state index in [0.717, 1.165) is 0 Å². The summed E-state index contributed by atoms with van der Waals surface area (Å²) in [4.78, 5) is 14.9. The molecule has 1 heterocycles. The summed E-state index contributed by atoms with van der Waals surface area (Å²) in [6, 6.07) is 5.01. The summed E-state index contributed by atoms with van der Waals surface area (Å²) in [5.74, 6) is 0.0618. The Morgan fingerprint density at radius 1 is 1.29 bits per heavy atom. The van der Waals surface area contributed by atoms with E-state index < -0.39 is 5.97 Å². The average Bonchev–Trinajstić information content (AvgIpc) is 2.36. The lowest BCUT2D eigenvalue weighted by atomic mass is 10.1. The Bertz CT molecular complexity index is 580. The van der Waals surface area contributed by atoms with Gasteiger partial charge in [0.1, 0.15) is 5.52 Å². The SMILES string of the molecule is COc1ccc2cc(C(=O)O)cnc2c1OC. The number of carboxylic acids is 1. The predicted molar refractivity (Wildman–Crippen MR) is 61.8 cm³/mol. The summed E-state index contributed by atoms with van der Waals surface area (Å²) in [6.45, 7) is 0. The van der Waals surface area contributed by atoms with Crippen LogP contribution in [0.5, 0.6) is 11.5 Å². The van der Waals surface area contributed by atoms with Gasteiger partial charge in [-0.05, 0) is 18.2 Å². The molecule has 0 fully saturated rings. The van der Waals surface area contributed by atoms with Gasteiger partial charge in [-0.3, -0.25) is 4.98 Å². The van der Waals surface area contributed by atoms with Crippen molar-refractivity contribution in [1.82, 2.24) is 4.98 Å². The third kappa shape index (κ3) is 1.87. The van der Waals surface area contributed by atoms with E-state index in [1.807, 2.05) is 0 Å². The second-order valence-electron chi connectivity index (χ2n) is 3.40. The second kappa shape index (κ2) is 4.29. The maximum Gasteiger partial charge on any atom is 0.337 e. The van der Waals surface area contributed by atoms with Crippen molar-refractivity contribution >= 4 is 16.9 Å². The van der Waals surface area contributed by atoms with E-state index >= 15 is 0 Å². The largest absolute Gasteiger partial charge is 0.493 e. The van der Waals surface area contributed by atoms with Gasteiger partial charge in [0, 0.05) is 11.6 Å². The zero-order valence-corrected chi connectivity index (χ0v) is 9.43. The molecule has 0 radical (unpaired) electrons. The molecule has 17 heavy (non-hydrogen) atoms. The van der Waals surface area contributed by atoms with Crippen molar-refractivity contribution in [2.75, 3.05) is 14.2 Å². The van der Waals surface area contributed by atoms with Gasteiger partial charge in [-0.1, -0.05) is 0 Å². The first kappa shape index (κ1) is 11.2. The Morgan fingerprint density at radius 2 is 2.06 bits per heavy atom. The Kier molecular flexibility index (Phi) is 2.82.